The van der Waals surface area contributed by atoms with E-state index >= 15 is 0 Å². The van der Waals surface area contributed by atoms with Crippen LogP contribution in [-0.4, -0.2) is 21.0 Å². The second-order valence-electron chi connectivity index (χ2n) is 5.57. The highest BCUT2D eigenvalue weighted by atomic mass is 79.9. The number of aromatic nitrogens is 2. The van der Waals surface area contributed by atoms with Gasteiger partial charge >= 0.3 is 0 Å². The zero-order valence-electron chi connectivity index (χ0n) is 12.9. The lowest BCUT2D eigenvalue weighted by Gasteiger charge is -2.11. The number of hydrogen-bond acceptors (Lipinski definition) is 2. The molecular formula is C17H23BrN2O. The van der Waals surface area contributed by atoms with E-state index in [0.717, 1.165) is 35.1 Å². The highest BCUT2D eigenvalue weighted by Gasteiger charge is 2.16. The number of aryl methyl sites for hydroxylation is 4. The van der Waals surface area contributed by atoms with Crippen LogP contribution in [0.2, 0.25) is 0 Å². The molecule has 0 aliphatic carbocycles. The standard InChI is InChI=1S/C17H23BrN2O/c1-4-15-17(18)16(20(3)19-15)11-14(21)10-9-13-7-5-12(2)6-8-13/h5-8,14,21H,4,9-11H2,1-3H3. The Morgan fingerprint density at radius 1 is 1.29 bits per heavy atom. The van der Waals surface area contributed by atoms with Gasteiger partial charge in [-0.25, -0.2) is 0 Å². The van der Waals surface area contributed by atoms with E-state index in [9.17, 15) is 5.11 Å². The van der Waals surface area contributed by atoms with E-state index in [0.29, 0.717) is 6.42 Å². The van der Waals surface area contributed by atoms with Gasteiger partial charge in [-0.05, 0) is 47.7 Å². The van der Waals surface area contributed by atoms with Gasteiger partial charge in [-0.15, -0.1) is 0 Å². The summed E-state index contributed by atoms with van der Waals surface area (Å²) in [7, 11) is 1.94. The Kier molecular flexibility index (Phi) is 5.59. The molecule has 2 aromatic rings. The molecule has 0 fully saturated rings. The van der Waals surface area contributed by atoms with Crippen LogP contribution in [0.15, 0.2) is 28.7 Å². The first-order valence-electron chi connectivity index (χ1n) is 7.45. The summed E-state index contributed by atoms with van der Waals surface area (Å²) in [5.41, 5.74) is 4.67. The summed E-state index contributed by atoms with van der Waals surface area (Å²) in [6.07, 6.45) is 2.85. The number of hydrogen-bond donors (Lipinski definition) is 1. The number of aliphatic hydroxyl groups is 1. The number of halogens is 1. The molecule has 1 heterocycles. The highest BCUT2D eigenvalue weighted by molar-refractivity contribution is 9.10. The molecule has 3 nitrogen and oxygen atoms in total. The maximum Gasteiger partial charge on any atom is 0.0766 e. The zero-order valence-corrected chi connectivity index (χ0v) is 14.5. The van der Waals surface area contributed by atoms with E-state index in [-0.39, 0.29) is 6.10 Å². The number of benzene rings is 1. The molecule has 0 bridgehead atoms. The summed E-state index contributed by atoms with van der Waals surface area (Å²) in [5.74, 6) is 0. The molecule has 21 heavy (non-hydrogen) atoms. The van der Waals surface area contributed by atoms with Crippen molar-refractivity contribution in [2.75, 3.05) is 0 Å². The van der Waals surface area contributed by atoms with Gasteiger partial charge < -0.3 is 5.11 Å². The molecule has 0 aliphatic heterocycles. The van der Waals surface area contributed by atoms with Crippen molar-refractivity contribution in [1.82, 2.24) is 9.78 Å². The molecule has 0 radical (unpaired) electrons. The fourth-order valence-corrected chi connectivity index (χ4v) is 3.23. The first kappa shape index (κ1) is 16.2. The molecule has 1 atom stereocenters. The minimum atomic E-state index is -0.345. The van der Waals surface area contributed by atoms with Crippen LogP contribution in [-0.2, 0) is 26.3 Å². The molecule has 0 saturated carbocycles. The Bertz CT molecular complexity index is 590. The van der Waals surface area contributed by atoms with E-state index in [1.807, 2.05) is 11.7 Å². The summed E-state index contributed by atoms with van der Waals surface area (Å²) >= 11 is 3.60. The monoisotopic (exact) mass is 350 g/mol. The van der Waals surface area contributed by atoms with Gasteiger partial charge in [-0.1, -0.05) is 36.8 Å². The van der Waals surface area contributed by atoms with Crippen LogP contribution in [0.25, 0.3) is 0 Å². The molecule has 0 amide bonds. The molecule has 1 N–H and O–H groups in total. The van der Waals surface area contributed by atoms with Crippen molar-refractivity contribution in [2.45, 2.75) is 45.6 Å². The molecule has 2 rings (SSSR count). The summed E-state index contributed by atoms with van der Waals surface area (Å²) in [5, 5.41) is 14.8. The minimum absolute atomic E-state index is 0.345. The lowest BCUT2D eigenvalue weighted by molar-refractivity contribution is 0.162. The second kappa shape index (κ2) is 7.23. The molecule has 0 saturated heterocycles. The molecule has 1 aromatic heterocycles. The molecular weight excluding hydrogens is 328 g/mol. The summed E-state index contributed by atoms with van der Waals surface area (Å²) < 4.78 is 2.92. The average molecular weight is 351 g/mol. The van der Waals surface area contributed by atoms with E-state index < -0.39 is 0 Å². The van der Waals surface area contributed by atoms with Crippen molar-refractivity contribution in [3.05, 3.63) is 51.3 Å². The molecule has 114 valence electrons. The Balaban J connectivity index is 1.94. The van der Waals surface area contributed by atoms with Crippen LogP contribution in [0.3, 0.4) is 0 Å². The summed E-state index contributed by atoms with van der Waals surface area (Å²) in [6.45, 7) is 4.18. The van der Waals surface area contributed by atoms with Gasteiger partial charge in [0.1, 0.15) is 0 Å². The largest absolute Gasteiger partial charge is 0.393 e. The third-order valence-electron chi connectivity index (χ3n) is 3.82. The molecule has 0 spiro atoms. The van der Waals surface area contributed by atoms with Gasteiger partial charge in [-0.2, -0.15) is 5.10 Å². The lowest BCUT2D eigenvalue weighted by Crippen LogP contribution is -2.14. The van der Waals surface area contributed by atoms with Crippen LogP contribution < -0.4 is 0 Å². The quantitative estimate of drug-likeness (QED) is 0.864. The average Bonchev–Trinajstić information content (AvgIpc) is 2.74. The van der Waals surface area contributed by atoms with Gasteiger partial charge in [0.05, 0.1) is 22.0 Å². The number of nitrogens with zero attached hydrogens (tertiary/aromatic N) is 2. The lowest BCUT2D eigenvalue weighted by atomic mass is 10.0. The Morgan fingerprint density at radius 3 is 2.52 bits per heavy atom. The SMILES string of the molecule is CCc1nn(C)c(CC(O)CCc2ccc(C)cc2)c1Br. The zero-order chi connectivity index (χ0) is 15.4. The molecule has 4 heteroatoms. The van der Waals surface area contributed by atoms with Crippen molar-refractivity contribution in [3.63, 3.8) is 0 Å². The van der Waals surface area contributed by atoms with Crippen LogP contribution in [0, 0.1) is 6.92 Å². The third kappa shape index (κ3) is 4.17. The van der Waals surface area contributed by atoms with Crippen LogP contribution >= 0.6 is 15.9 Å². The van der Waals surface area contributed by atoms with E-state index in [1.54, 1.807) is 0 Å². The summed E-state index contributed by atoms with van der Waals surface area (Å²) in [4.78, 5) is 0. The first-order valence-corrected chi connectivity index (χ1v) is 8.24. The van der Waals surface area contributed by atoms with Crippen molar-refractivity contribution in [3.8, 4) is 0 Å². The van der Waals surface area contributed by atoms with Crippen molar-refractivity contribution in [1.29, 1.82) is 0 Å². The van der Waals surface area contributed by atoms with Crippen LogP contribution in [0.4, 0.5) is 0 Å². The maximum atomic E-state index is 10.3. The van der Waals surface area contributed by atoms with Gasteiger partial charge in [-0.3, -0.25) is 4.68 Å². The number of aliphatic hydroxyl groups excluding tert-OH is 1. The van der Waals surface area contributed by atoms with Crippen molar-refractivity contribution in [2.24, 2.45) is 7.05 Å². The number of rotatable bonds is 6. The van der Waals surface area contributed by atoms with Crippen molar-refractivity contribution < 1.29 is 5.11 Å². The normalized spacial score (nSPS) is 12.6. The van der Waals surface area contributed by atoms with Gasteiger partial charge in [0, 0.05) is 13.5 Å². The first-order chi connectivity index (χ1) is 10.0. The smallest absolute Gasteiger partial charge is 0.0766 e. The van der Waals surface area contributed by atoms with E-state index in [2.05, 4.69) is 59.1 Å². The minimum Gasteiger partial charge on any atom is -0.393 e. The van der Waals surface area contributed by atoms with Gasteiger partial charge in [0.15, 0.2) is 0 Å². The fourth-order valence-electron chi connectivity index (χ4n) is 2.45. The third-order valence-corrected chi connectivity index (χ3v) is 4.73. The van der Waals surface area contributed by atoms with Crippen LogP contribution in [0.5, 0.6) is 0 Å². The molecule has 1 aromatic carbocycles. The molecule has 0 aliphatic rings. The van der Waals surface area contributed by atoms with E-state index in [4.69, 9.17) is 0 Å². The van der Waals surface area contributed by atoms with Crippen molar-refractivity contribution >= 4 is 15.9 Å². The van der Waals surface area contributed by atoms with Gasteiger partial charge in [0.2, 0.25) is 0 Å². The van der Waals surface area contributed by atoms with Gasteiger partial charge in [0.25, 0.3) is 0 Å². The Hall–Kier alpha value is -1.13. The maximum absolute atomic E-state index is 10.3. The Morgan fingerprint density at radius 2 is 1.95 bits per heavy atom. The summed E-state index contributed by atoms with van der Waals surface area (Å²) in [6, 6.07) is 8.51. The predicted molar refractivity (Wildman–Crippen MR) is 89.5 cm³/mol. The van der Waals surface area contributed by atoms with Crippen LogP contribution in [0.1, 0.15) is 35.9 Å². The predicted octanol–water partition coefficient (Wildman–Crippen LogP) is 3.59. The second-order valence-corrected chi connectivity index (χ2v) is 6.36. The van der Waals surface area contributed by atoms with E-state index in [1.165, 1.54) is 11.1 Å². The Labute approximate surface area is 135 Å². The molecule has 1 unspecified atom stereocenters. The topological polar surface area (TPSA) is 38.0 Å². The fraction of sp³-hybridized carbons (Fsp3) is 0.471. The highest BCUT2D eigenvalue weighted by Crippen LogP contribution is 2.23.